The van der Waals surface area contributed by atoms with E-state index in [0.29, 0.717) is 17.0 Å². The highest BCUT2D eigenvalue weighted by Gasteiger charge is 2.79. The second kappa shape index (κ2) is 4.47. The molecule has 0 radical (unpaired) electrons. The molecule has 2 atom stereocenters. The maximum absolute atomic E-state index is 11.4. The van der Waals surface area contributed by atoms with E-state index in [4.69, 9.17) is 4.74 Å². The number of ether oxygens (including phenoxy) is 1. The number of aliphatic carboxylic acids is 2. The zero-order valence-electron chi connectivity index (χ0n) is 10.6. The predicted octanol–water partition coefficient (Wildman–Crippen LogP) is 0.929. The molecule has 2 saturated heterocycles. The lowest BCUT2D eigenvalue weighted by molar-refractivity contribution is -0.778. The molecule has 0 aromatic heterocycles. The van der Waals surface area contributed by atoms with Crippen LogP contribution in [0.15, 0.2) is 30.3 Å². The van der Waals surface area contributed by atoms with Gasteiger partial charge in [-0.25, -0.2) is 13.5 Å². The Bertz CT molecular complexity index is 549. The van der Waals surface area contributed by atoms with E-state index in [1.54, 1.807) is 0 Å². The van der Waals surface area contributed by atoms with Crippen LogP contribution in [0.1, 0.15) is 5.56 Å². The molecule has 3 rings (SSSR count). The second-order valence-corrected chi connectivity index (χ2v) is 6.36. The average Bonchev–Trinajstić information content (AvgIpc) is 3.13. The summed E-state index contributed by atoms with van der Waals surface area (Å²) in [6.07, 6.45) is 0. The molecule has 2 heterocycles. The van der Waals surface area contributed by atoms with Gasteiger partial charge in [0.1, 0.15) is 25.0 Å². The number of fused-ring (bicyclic) bond motifs is 1. The molecule has 20 heavy (non-hydrogen) atoms. The first-order valence-corrected chi connectivity index (χ1v) is 7.05. The van der Waals surface area contributed by atoms with E-state index in [-0.39, 0.29) is 6.61 Å². The van der Waals surface area contributed by atoms with Crippen LogP contribution in [0.25, 0.3) is 0 Å². The summed E-state index contributed by atoms with van der Waals surface area (Å²) in [7, 11) is 0. The zero-order valence-corrected chi connectivity index (χ0v) is 11.4. The number of carbonyl (C=O) groups is 2. The summed E-state index contributed by atoms with van der Waals surface area (Å²) < 4.78 is 5.57. The molecule has 0 aliphatic carbocycles. The number of nitrogens with zero attached hydrogens (tertiary/aromatic N) is 1. The van der Waals surface area contributed by atoms with Crippen LogP contribution in [0.2, 0.25) is 0 Å². The number of quaternary nitrogens is 1. The van der Waals surface area contributed by atoms with Crippen LogP contribution in [0.3, 0.4) is 0 Å². The fourth-order valence-electron chi connectivity index (χ4n) is 2.70. The Hall–Kier alpha value is -1.57. The molecule has 1 aromatic carbocycles. The van der Waals surface area contributed by atoms with Gasteiger partial charge in [0.25, 0.3) is 5.37 Å². The molecule has 106 valence electrons. The van der Waals surface area contributed by atoms with Crippen molar-refractivity contribution in [1.29, 1.82) is 0 Å². The lowest BCUT2D eigenvalue weighted by Gasteiger charge is -2.30. The van der Waals surface area contributed by atoms with Gasteiger partial charge in [-0.05, 0) is 0 Å². The van der Waals surface area contributed by atoms with Crippen molar-refractivity contribution in [2.45, 2.75) is 17.5 Å². The highest BCUT2D eigenvalue weighted by atomic mass is 32.2. The Balaban J connectivity index is 1.88. The predicted molar refractivity (Wildman–Crippen MR) is 70.6 cm³/mol. The van der Waals surface area contributed by atoms with Crippen molar-refractivity contribution in [1.82, 2.24) is 0 Å². The Labute approximate surface area is 119 Å². The lowest BCUT2D eigenvalue weighted by Crippen LogP contribution is -2.61. The molecule has 2 N–H and O–H groups in total. The molecule has 0 amide bonds. The second-order valence-electron chi connectivity index (χ2n) is 4.97. The summed E-state index contributed by atoms with van der Waals surface area (Å²) in [6, 6.07) is 9.66. The van der Waals surface area contributed by atoms with Crippen LogP contribution in [0.5, 0.6) is 0 Å². The Morgan fingerprint density at radius 2 is 1.95 bits per heavy atom. The monoisotopic (exact) mass is 296 g/mol. The largest absolute Gasteiger partial charge is 0.478 e. The van der Waals surface area contributed by atoms with Crippen LogP contribution in [0.4, 0.5) is 0 Å². The molecule has 2 aliphatic rings. The van der Waals surface area contributed by atoms with Gasteiger partial charge in [0.15, 0.2) is 0 Å². The minimum atomic E-state index is -2.13. The van der Waals surface area contributed by atoms with E-state index in [1.807, 2.05) is 30.3 Å². The molecular formula is C13H14NO5S+. The third kappa shape index (κ3) is 1.81. The van der Waals surface area contributed by atoms with Gasteiger partial charge in [-0.2, -0.15) is 0 Å². The highest BCUT2D eigenvalue weighted by molar-refractivity contribution is 7.99. The van der Waals surface area contributed by atoms with Crippen molar-refractivity contribution in [3.8, 4) is 0 Å². The van der Waals surface area contributed by atoms with Crippen LogP contribution in [-0.2, 0) is 20.9 Å². The number of hydrogen-bond donors (Lipinski definition) is 2. The number of rotatable bonds is 4. The number of carboxylic acid groups (broad SMARTS) is 2. The Morgan fingerprint density at radius 1 is 1.30 bits per heavy atom. The van der Waals surface area contributed by atoms with Crippen molar-refractivity contribution >= 4 is 23.9 Å². The maximum atomic E-state index is 11.4. The van der Waals surface area contributed by atoms with Gasteiger partial charge in [0.2, 0.25) is 0 Å². The SMILES string of the molecule is O=C(O)C1(C(=O)O)OCC[N@+]2(Cc3ccccc3)SC12. The fraction of sp³-hybridized carbons (Fsp3) is 0.385. The van der Waals surface area contributed by atoms with Crippen LogP contribution < -0.4 is 0 Å². The van der Waals surface area contributed by atoms with E-state index in [0.717, 1.165) is 5.56 Å². The maximum Gasteiger partial charge on any atom is 0.355 e. The third-order valence-electron chi connectivity index (χ3n) is 3.77. The molecule has 0 bridgehead atoms. The van der Waals surface area contributed by atoms with Crippen molar-refractivity contribution in [2.24, 2.45) is 0 Å². The standard InChI is InChI=1S/C13H13NO5S/c15-11(16)13(12(17)18)10-14(20-10,6-7-19-13)8-9-4-2-1-3-5-9/h1-5,10H,6-8H2,(H-,15,16,17,18)/p+1/t10?,14-/m1/s1. The molecule has 2 fully saturated rings. The summed E-state index contributed by atoms with van der Waals surface area (Å²) >= 11 is 1.36. The Morgan fingerprint density at radius 3 is 2.55 bits per heavy atom. The first-order chi connectivity index (χ1) is 9.51. The first-order valence-electron chi connectivity index (χ1n) is 6.21. The van der Waals surface area contributed by atoms with Crippen molar-refractivity contribution in [2.75, 3.05) is 13.2 Å². The molecule has 1 aromatic rings. The van der Waals surface area contributed by atoms with Gasteiger partial charge in [0.05, 0.1) is 6.61 Å². The summed E-state index contributed by atoms with van der Waals surface area (Å²) in [5.41, 5.74) is -1.06. The van der Waals surface area contributed by atoms with E-state index in [9.17, 15) is 19.8 Å². The third-order valence-corrected chi connectivity index (χ3v) is 5.43. The van der Waals surface area contributed by atoms with Crippen molar-refractivity contribution < 1.29 is 28.4 Å². The normalized spacial score (nSPS) is 30.3. The van der Waals surface area contributed by atoms with Gasteiger partial charge in [-0.3, -0.25) is 0 Å². The molecule has 6 nitrogen and oxygen atoms in total. The van der Waals surface area contributed by atoms with Crippen LogP contribution >= 0.6 is 11.9 Å². The van der Waals surface area contributed by atoms with Crippen LogP contribution in [0, 0.1) is 0 Å². The average molecular weight is 296 g/mol. The lowest BCUT2D eigenvalue weighted by atomic mass is 10.0. The Kier molecular flexibility index (Phi) is 3.00. The van der Waals surface area contributed by atoms with Gasteiger partial charge in [-0.1, -0.05) is 30.3 Å². The van der Waals surface area contributed by atoms with Gasteiger partial charge >= 0.3 is 17.5 Å². The quantitative estimate of drug-likeness (QED) is 0.372. The zero-order chi connectivity index (χ0) is 14.4. The summed E-state index contributed by atoms with van der Waals surface area (Å²) in [5, 5.41) is 18.0. The van der Waals surface area contributed by atoms with Gasteiger partial charge in [0, 0.05) is 5.56 Å². The number of hydrogen-bond acceptors (Lipinski definition) is 4. The topological polar surface area (TPSA) is 83.8 Å². The summed E-state index contributed by atoms with van der Waals surface area (Å²) in [6.45, 7) is 1.36. The minimum Gasteiger partial charge on any atom is -0.478 e. The van der Waals surface area contributed by atoms with Gasteiger partial charge in [-0.15, -0.1) is 0 Å². The number of benzene rings is 1. The number of carboxylic acids is 2. The van der Waals surface area contributed by atoms with Crippen molar-refractivity contribution in [3.63, 3.8) is 0 Å². The van der Waals surface area contributed by atoms with Crippen molar-refractivity contribution in [3.05, 3.63) is 35.9 Å². The summed E-state index contributed by atoms with van der Waals surface area (Å²) in [5.74, 6) is -2.84. The molecule has 1 unspecified atom stereocenters. The van der Waals surface area contributed by atoms with Crippen LogP contribution in [-0.4, -0.2) is 50.2 Å². The molecule has 0 saturated carbocycles. The van der Waals surface area contributed by atoms with Gasteiger partial charge < -0.3 is 14.9 Å². The molecule has 0 spiro atoms. The summed E-state index contributed by atoms with van der Waals surface area (Å²) in [4.78, 5) is 22.8. The van der Waals surface area contributed by atoms with E-state index < -0.39 is 22.9 Å². The molecule has 7 heteroatoms. The first kappa shape index (κ1) is 13.4. The molecular weight excluding hydrogens is 282 g/mol. The molecule has 2 aliphatic heterocycles. The fourth-order valence-corrected chi connectivity index (χ4v) is 4.19. The van der Waals surface area contributed by atoms with E-state index in [1.165, 1.54) is 11.9 Å². The minimum absolute atomic E-state index is 0.134. The smallest absolute Gasteiger partial charge is 0.355 e. The van der Waals surface area contributed by atoms with E-state index in [2.05, 4.69) is 0 Å². The van der Waals surface area contributed by atoms with E-state index >= 15 is 0 Å². The number of morpholine rings is 1. The highest BCUT2D eigenvalue weighted by Crippen LogP contribution is 2.60.